The topological polar surface area (TPSA) is 61.6 Å². The van der Waals surface area contributed by atoms with E-state index in [-0.39, 0.29) is 5.91 Å². The molecule has 2 heterocycles. The molecule has 1 amide bonds. The van der Waals surface area contributed by atoms with Crippen LogP contribution in [0.5, 0.6) is 0 Å². The van der Waals surface area contributed by atoms with Crippen molar-refractivity contribution < 1.29 is 4.79 Å². The highest BCUT2D eigenvalue weighted by molar-refractivity contribution is 6.00. The molecular formula is C15H22N4O. The summed E-state index contributed by atoms with van der Waals surface area (Å²) in [5.74, 6) is 0.0525. The quantitative estimate of drug-likeness (QED) is 0.758. The minimum Gasteiger partial charge on any atom is -0.397 e. The van der Waals surface area contributed by atoms with Gasteiger partial charge in [-0.2, -0.15) is 0 Å². The number of anilines is 3. The Morgan fingerprint density at radius 2 is 1.90 bits per heavy atom. The van der Waals surface area contributed by atoms with E-state index >= 15 is 0 Å². The summed E-state index contributed by atoms with van der Waals surface area (Å²) in [5, 5.41) is 2.90. The van der Waals surface area contributed by atoms with Crippen LogP contribution in [0, 0.1) is 0 Å². The summed E-state index contributed by atoms with van der Waals surface area (Å²) >= 11 is 0. The van der Waals surface area contributed by atoms with Crippen LogP contribution in [-0.2, 0) is 11.2 Å². The van der Waals surface area contributed by atoms with Gasteiger partial charge in [-0.1, -0.05) is 0 Å². The van der Waals surface area contributed by atoms with Crippen LogP contribution in [0.2, 0.25) is 0 Å². The molecule has 0 radical (unpaired) electrons. The fourth-order valence-corrected chi connectivity index (χ4v) is 3.16. The number of nitrogens with zero attached hydrogens (tertiary/aromatic N) is 2. The van der Waals surface area contributed by atoms with Crippen molar-refractivity contribution in [3.05, 3.63) is 17.7 Å². The molecule has 5 nitrogen and oxygen atoms in total. The Balaban J connectivity index is 1.91. The van der Waals surface area contributed by atoms with Gasteiger partial charge in [0.1, 0.15) is 0 Å². The molecule has 2 unspecified atom stereocenters. The van der Waals surface area contributed by atoms with Crippen LogP contribution < -0.4 is 16.0 Å². The van der Waals surface area contributed by atoms with Crippen molar-refractivity contribution in [3.63, 3.8) is 0 Å². The SMILES string of the molecule is CC1CN(c2cc3c(cc2N)CC(=O)N3)CC(C)N1C. The Morgan fingerprint density at radius 3 is 2.55 bits per heavy atom. The maximum atomic E-state index is 11.5. The van der Waals surface area contributed by atoms with E-state index < -0.39 is 0 Å². The van der Waals surface area contributed by atoms with Crippen LogP contribution in [-0.4, -0.2) is 43.0 Å². The molecule has 5 heteroatoms. The van der Waals surface area contributed by atoms with Crippen molar-refractivity contribution >= 4 is 23.0 Å². The molecule has 1 fully saturated rings. The highest BCUT2D eigenvalue weighted by Crippen LogP contribution is 2.35. The highest BCUT2D eigenvalue weighted by Gasteiger charge is 2.29. The largest absolute Gasteiger partial charge is 0.397 e. The molecule has 1 aromatic carbocycles. The van der Waals surface area contributed by atoms with Gasteiger partial charge in [0.25, 0.3) is 0 Å². The van der Waals surface area contributed by atoms with Crippen molar-refractivity contribution in [1.29, 1.82) is 0 Å². The molecule has 20 heavy (non-hydrogen) atoms. The number of fused-ring (bicyclic) bond motifs is 1. The van der Waals surface area contributed by atoms with E-state index in [1.54, 1.807) is 0 Å². The van der Waals surface area contributed by atoms with Gasteiger partial charge in [-0.3, -0.25) is 9.69 Å². The van der Waals surface area contributed by atoms with E-state index in [2.05, 4.69) is 36.0 Å². The Kier molecular flexibility index (Phi) is 3.09. The molecule has 0 bridgehead atoms. The van der Waals surface area contributed by atoms with Crippen molar-refractivity contribution in [1.82, 2.24) is 4.90 Å². The monoisotopic (exact) mass is 274 g/mol. The molecule has 1 saturated heterocycles. The first-order valence-corrected chi connectivity index (χ1v) is 7.15. The molecular weight excluding hydrogens is 252 g/mol. The number of piperazine rings is 1. The van der Waals surface area contributed by atoms with Crippen LogP contribution >= 0.6 is 0 Å². The summed E-state index contributed by atoms with van der Waals surface area (Å²) < 4.78 is 0. The summed E-state index contributed by atoms with van der Waals surface area (Å²) in [6.45, 7) is 6.37. The highest BCUT2D eigenvalue weighted by atomic mass is 16.1. The number of hydrogen-bond donors (Lipinski definition) is 2. The van der Waals surface area contributed by atoms with E-state index in [9.17, 15) is 4.79 Å². The van der Waals surface area contributed by atoms with Gasteiger partial charge >= 0.3 is 0 Å². The predicted molar refractivity (Wildman–Crippen MR) is 82.1 cm³/mol. The summed E-state index contributed by atoms with van der Waals surface area (Å²) in [6, 6.07) is 4.94. The number of benzene rings is 1. The maximum absolute atomic E-state index is 11.5. The third kappa shape index (κ3) is 2.12. The van der Waals surface area contributed by atoms with E-state index in [4.69, 9.17) is 5.73 Å². The van der Waals surface area contributed by atoms with E-state index in [0.717, 1.165) is 35.7 Å². The first kappa shape index (κ1) is 13.2. The average molecular weight is 274 g/mol. The zero-order valence-corrected chi connectivity index (χ0v) is 12.3. The number of amides is 1. The van der Waals surface area contributed by atoms with Gasteiger partial charge in [0.15, 0.2) is 0 Å². The lowest BCUT2D eigenvalue weighted by atomic mass is 10.1. The molecule has 3 N–H and O–H groups in total. The molecule has 2 aliphatic rings. The van der Waals surface area contributed by atoms with Gasteiger partial charge in [0, 0.05) is 30.9 Å². The Labute approximate surface area is 119 Å². The number of likely N-dealkylation sites (N-methyl/N-ethyl adjacent to an activating group) is 1. The average Bonchev–Trinajstić information content (AvgIpc) is 2.73. The zero-order valence-electron chi connectivity index (χ0n) is 12.3. The van der Waals surface area contributed by atoms with Crippen LogP contribution in [0.1, 0.15) is 19.4 Å². The lowest BCUT2D eigenvalue weighted by molar-refractivity contribution is -0.115. The third-order valence-electron chi connectivity index (χ3n) is 4.58. The second-order valence-electron chi connectivity index (χ2n) is 6.06. The summed E-state index contributed by atoms with van der Waals surface area (Å²) in [4.78, 5) is 16.2. The van der Waals surface area contributed by atoms with Crippen molar-refractivity contribution in [2.24, 2.45) is 0 Å². The number of hydrogen-bond acceptors (Lipinski definition) is 4. The minimum absolute atomic E-state index is 0.0525. The number of carbonyl (C=O) groups is 1. The lowest BCUT2D eigenvalue weighted by Crippen LogP contribution is -2.55. The molecule has 1 aromatic rings. The van der Waals surface area contributed by atoms with E-state index in [0.29, 0.717) is 18.5 Å². The number of rotatable bonds is 1. The summed E-state index contributed by atoms with van der Waals surface area (Å²) in [6.07, 6.45) is 0.440. The van der Waals surface area contributed by atoms with Crippen LogP contribution in [0.25, 0.3) is 0 Å². The Hall–Kier alpha value is -1.75. The van der Waals surface area contributed by atoms with Gasteiger partial charge in [-0.25, -0.2) is 0 Å². The van der Waals surface area contributed by atoms with E-state index in [1.165, 1.54) is 0 Å². The molecule has 0 aromatic heterocycles. The normalized spacial score (nSPS) is 26.6. The predicted octanol–water partition coefficient (Wildman–Crippen LogP) is 1.29. The Morgan fingerprint density at radius 1 is 1.25 bits per heavy atom. The number of nitrogen functional groups attached to an aromatic ring is 1. The maximum Gasteiger partial charge on any atom is 0.228 e. The molecule has 108 valence electrons. The second-order valence-corrected chi connectivity index (χ2v) is 6.06. The number of nitrogens with two attached hydrogens (primary N) is 1. The fraction of sp³-hybridized carbons (Fsp3) is 0.533. The first-order valence-electron chi connectivity index (χ1n) is 7.15. The van der Waals surface area contributed by atoms with Gasteiger partial charge in [0.05, 0.1) is 17.8 Å². The summed E-state index contributed by atoms with van der Waals surface area (Å²) in [7, 11) is 2.17. The summed E-state index contributed by atoms with van der Waals surface area (Å²) in [5.41, 5.74) is 9.93. The number of nitrogens with one attached hydrogen (secondary N) is 1. The smallest absolute Gasteiger partial charge is 0.228 e. The van der Waals surface area contributed by atoms with Crippen molar-refractivity contribution in [2.45, 2.75) is 32.4 Å². The fourth-order valence-electron chi connectivity index (χ4n) is 3.16. The van der Waals surface area contributed by atoms with Crippen LogP contribution in [0.3, 0.4) is 0 Å². The molecule has 0 aliphatic carbocycles. The first-order chi connectivity index (χ1) is 9.45. The van der Waals surface area contributed by atoms with Crippen LogP contribution in [0.15, 0.2) is 12.1 Å². The minimum atomic E-state index is 0.0525. The zero-order chi connectivity index (χ0) is 14.4. The van der Waals surface area contributed by atoms with Crippen molar-refractivity contribution in [3.8, 4) is 0 Å². The molecule has 2 atom stereocenters. The van der Waals surface area contributed by atoms with Gasteiger partial charge in [0.2, 0.25) is 5.91 Å². The molecule has 0 spiro atoms. The van der Waals surface area contributed by atoms with Gasteiger partial charge in [-0.15, -0.1) is 0 Å². The Bertz CT molecular complexity index is 545. The standard InChI is InChI=1S/C15H22N4O/c1-9-7-19(8-10(2)18(9)3)14-6-13-11(4-12(14)16)5-15(20)17-13/h4,6,9-10H,5,7-8,16H2,1-3H3,(H,17,20). The lowest BCUT2D eigenvalue weighted by Gasteiger charge is -2.43. The van der Waals surface area contributed by atoms with Crippen molar-refractivity contribution in [2.75, 3.05) is 36.1 Å². The van der Waals surface area contributed by atoms with Gasteiger partial charge in [-0.05, 0) is 38.6 Å². The molecule has 3 rings (SSSR count). The van der Waals surface area contributed by atoms with E-state index in [1.807, 2.05) is 12.1 Å². The molecule has 0 saturated carbocycles. The van der Waals surface area contributed by atoms with Crippen LogP contribution in [0.4, 0.5) is 17.1 Å². The molecule has 2 aliphatic heterocycles. The third-order valence-corrected chi connectivity index (χ3v) is 4.58. The number of carbonyl (C=O) groups excluding carboxylic acids is 1. The second kappa shape index (κ2) is 4.66. The van der Waals surface area contributed by atoms with Gasteiger partial charge < -0.3 is 16.0 Å².